The van der Waals surface area contributed by atoms with E-state index in [-0.39, 0.29) is 11.8 Å². The van der Waals surface area contributed by atoms with Crippen molar-refractivity contribution in [3.63, 3.8) is 0 Å². The third kappa shape index (κ3) is 6.34. The molecule has 4 rings (SSSR count). The molecule has 1 atom stereocenters. The maximum absolute atomic E-state index is 12.8. The van der Waals surface area contributed by atoms with Crippen LogP contribution in [-0.2, 0) is 22.4 Å². The molecule has 2 heterocycles. The van der Waals surface area contributed by atoms with Crippen LogP contribution in [0.2, 0.25) is 0 Å². The van der Waals surface area contributed by atoms with Crippen molar-refractivity contribution in [2.24, 2.45) is 5.92 Å². The van der Waals surface area contributed by atoms with Gasteiger partial charge in [-0.1, -0.05) is 36.4 Å². The average molecular weight is 477 g/mol. The van der Waals surface area contributed by atoms with Crippen LogP contribution in [-0.4, -0.2) is 60.6 Å². The number of carboxylic acids is 1. The van der Waals surface area contributed by atoms with Crippen LogP contribution in [0.1, 0.15) is 33.1 Å². The van der Waals surface area contributed by atoms with Gasteiger partial charge < -0.3 is 20.6 Å². The number of likely N-dealkylation sites (N-methyl/N-ethyl adjacent to an activating group) is 1. The molecule has 2 aliphatic heterocycles. The Balaban J connectivity index is 0.000000406. The Morgan fingerprint density at radius 1 is 1.12 bits per heavy atom. The summed E-state index contributed by atoms with van der Waals surface area (Å²) in [7, 11) is 1.79. The summed E-state index contributed by atoms with van der Waals surface area (Å²) in [5, 5.41) is 13.4. The summed E-state index contributed by atoms with van der Waals surface area (Å²) in [6.07, 6.45) is -3.25. The summed E-state index contributed by atoms with van der Waals surface area (Å²) < 4.78 is 31.7. The first-order valence-electron chi connectivity index (χ1n) is 10.8. The smallest absolute Gasteiger partial charge is 0.475 e. The molecule has 34 heavy (non-hydrogen) atoms. The Morgan fingerprint density at radius 2 is 1.74 bits per heavy atom. The van der Waals surface area contributed by atoms with Crippen LogP contribution in [0.15, 0.2) is 48.5 Å². The fourth-order valence-corrected chi connectivity index (χ4v) is 3.77. The highest BCUT2D eigenvalue weighted by Crippen LogP contribution is 2.25. The van der Waals surface area contributed by atoms with Crippen molar-refractivity contribution in [3.05, 3.63) is 70.8 Å². The highest BCUT2D eigenvalue weighted by atomic mass is 19.4. The van der Waals surface area contributed by atoms with Gasteiger partial charge in [-0.15, -0.1) is 0 Å². The summed E-state index contributed by atoms with van der Waals surface area (Å²) in [5.41, 5.74) is 3.84. The predicted octanol–water partition coefficient (Wildman–Crippen LogP) is 2.57. The number of halogens is 3. The molecule has 2 aliphatic rings. The first kappa shape index (κ1) is 25.2. The second-order valence-electron chi connectivity index (χ2n) is 8.34. The van der Waals surface area contributed by atoms with Gasteiger partial charge in [-0.3, -0.25) is 9.59 Å². The van der Waals surface area contributed by atoms with Crippen LogP contribution >= 0.6 is 0 Å². The molecule has 2 aromatic rings. The lowest BCUT2D eigenvalue weighted by Crippen LogP contribution is -2.43. The second-order valence-corrected chi connectivity index (χ2v) is 8.34. The molecule has 0 bridgehead atoms. The van der Waals surface area contributed by atoms with E-state index in [0.717, 1.165) is 37.1 Å². The Hall–Kier alpha value is -3.40. The van der Waals surface area contributed by atoms with Crippen molar-refractivity contribution in [1.29, 1.82) is 0 Å². The highest BCUT2D eigenvalue weighted by Gasteiger charge is 2.38. The zero-order chi connectivity index (χ0) is 24.9. The maximum atomic E-state index is 12.8. The predicted molar refractivity (Wildman–Crippen MR) is 118 cm³/mol. The van der Waals surface area contributed by atoms with Gasteiger partial charge in [-0.2, -0.15) is 13.2 Å². The molecule has 3 N–H and O–H groups in total. The van der Waals surface area contributed by atoms with Gasteiger partial charge in [0.2, 0.25) is 5.91 Å². The highest BCUT2D eigenvalue weighted by molar-refractivity contribution is 5.98. The number of nitrogens with zero attached hydrogens (tertiary/aromatic N) is 1. The quantitative estimate of drug-likeness (QED) is 0.629. The van der Waals surface area contributed by atoms with E-state index in [1.165, 1.54) is 5.56 Å². The van der Waals surface area contributed by atoms with Crippen LogP contribution in [0.3, 0.4) is 0 Å². The fraction of sp³-hybridized carbons (Fsp3) is 0.375. The minimum absolute atomic E-state index is 0.0672. The number of fused-ring (bicyclic) bond motifs is 1. The second kappa shape index (κ2) is 10.7. The van der Waals surface area contributed by atoms with Crippen molar-refractivity contribution in [1.82, 2.24) is 15.5 Å². The van der Waals surface area contributed by atoms with Crippen LogP contribution in [0.4, 0.5) is 13.2 Å². The van der Waals surface area contributed by atoms with E-state index in [4.69, 9.17) is 9.90 Å². The van der Waals surface area contributed by atoms with Gasteiger partial charge in [0.15, 0.2) is 0 Å². The fourth-order valence-electron chi connectivity index (χ4n) is 3.77. The van der Waals surface area contributed by atoms with E-state index in [1.807, 2.05) is 48.5 Å². The first-order valence-corrected chi connectivity index (χ1v) is 10.8. The maximum Gasteiger partial charge on any atom is 0.490 e. The van der Waals surface area contributed by atoms with Crippen LogP contribution in [0.25, 0.3) is 0 Å². The van der Waals surface area contributed by atoms with Crippen molar-refractivity contribution in [2.45, 2.75) is 25.1 Å². The van der Waals surface area contributed by atoms with E-state index in [9.17, 15) is 22.8 Å². The number of aliphatic carboxylic acids is 1. The number of amides is 2. The normalized spacial score (nSPS) is 18.1. The Labute approximate surface area is 194 Å². The van der Waals surface area contributed by atoms with Gasteiger partial charge in [0.05, 0.1) is 0 Å². The Kier molecular flexibility index (Phi) is 7.93. The van der Waals surface area contributed by atoms with E-state index in [2.05, 4.69) is 10.6 Å². The first-order chi connectivity index (χ1) is 16.1. The number of hydrogen-bond acceptors (Lipinski definition) is 4. The van der Waals surface area contributed by atoms with E-state index >= 15 is 0 Å². The number of alkyl halides is 3. The minimum Gasteiger partial charge on any atom is -0.475 e. The molecule has 182 valence electrons. The molecule has 2 aromatic carbocycles. The number of carbonyl (C=O) groups excluding carboxylic acids is 2. The monoisotopic (exact) mass is 477 g/mol. The molecule has 0 aliphatic carbocycles. The Morgan fingerprint density at radius 3 is 2.29 bits per heavy atom. The lowest BCUT2D eigenvalue weighted by atomic mass is 9.94. The number of benzene rings is 2. The summed E-state index contributed by atoms with van der Waals surface area (Å²) in [6, 6.07) is 15.0. The van der Waals surface area contributed by atoms with E-state index < -0.39 is 18.2 Å². The van der Waals surface area contributed by atoms with Crippen LogP contribution in [0, 0.1) is 5.92 Å². The molecule has 0 aromatic heterocycles. The van der Waals surface area contributed by atoms with Gasteiger partial charge in [-0.25, -0.2) is 4.79 Å². The van der Waals surface area contributed by atoms with Gasteiger partial charge in [0.1, 0.15) is 6.04 Å². The summed E-state index contributed by atoms with van der Waals surface area (Å²) in [6.45, 7) is 2.80. The van der Waals surface area contributed by atoms with Crippen molar-refractivity contribution in [3.8, 4) is 0 Å². The molecule has 1 fully saturated rings. The lowest BCUT2D eigenvalue weighted by molar-refractivity contribution is -0.192. The lowest BCUT2D eigenvalue weighted by Gasteiger charge is -2.27. The van der Waals surface area contributed by atoms with Gasteiger partial charge in [0.25, 0.3) is 5.91 Å². The Bertz CT molecular complexity index is 1040. The molecule has 1 unspecified atom stereocenters. The SMILES string of the molecule is CN1CCc2ccccc2C(NC(=O)c2ccc(CC3CNC3)cc2)C1=O.O=C(O)C(F)(F)F. The average Bonchev–Trinajstić information content (AvgIpc) is 2.89. The zero-order valence-electron chi connectivity index (χ0n) is 18.6. The van der Waals surface area contributed by atoms with Crippen molar-refractivity contribution < 1.29 is 32.7 Å². The molecule has 0 radical (unpaired) electrons. The molecular weight excluding hydrogens is 451 g/mol. The zero-order valence-corrected chi connectivity index (χ0v) is 18.6. The van der Waals surface area contributed by atoms with Crippen LogP contribution < -0.4 is 10.6 Å². The third-order valence-corrected chi connectivity index (χ3v) is 5.83. The summed E-state index contributed by atoms with van der Waals surface area (Å²) >= 11 is 0. The largest absolute Gasteiger partial charge is 0.490 e. The number of hydrogen-bond donors (Lipinski definition) is 3. The number of carboxylic acid groups (broad SMARTS) is 1. The van der Waals surface area contributed by atoms with Crippen molar-refractivity contribution >= 4 is 17.8 Å². The van der Waals surface area contributed by atoms with Crippen molar-refractivity contribution in [2.75, 3.05) is 26.7 Å². The summed E-state index contributed by atoms with van der Waals surface area (Å²) in [4.78, 5) is 36.2. The van der Waals surface area contributed by atoms with E-state index in [1.54, 1.807) is 11.9 Å². The molecule has 0 saturated carbocycles. The van der Waals surface area contributed by atoms with Gasteiger partial charge >= 0.3 is 12.1 Å². The number of carbonyl (C=O) groups is 3. The van der Waals surface area contributed by atoms with E-state index in [0.29, 0.717) is 18.0 Å². The third-order valence-electron chi connectivity index (χ3n) is 5.83. The molecule has 0 spiro atoms. The van der Waals surface area contributed by atoms with Gasteiger partial charge in [0, 0.05) is 19.2 Å². The molecule has 2 amide bonds. The minimum atomic E-state index is -5.08. The molecule has 10 heteroatoms. The molecular formula is C24H26F3N3O4. The molecule has 7 nitrogen and oxygen atoms in total. The molecule has 1 saturated heterocycles. The topological polar surface area (TPSA) is 98.7 Å². The number of rotatable bonds is 4. The van der Waals surface area contributed by atoms with Crippen LogP contribution in [0.5, 0.6) is 0 Å². The van der Waals surface area contributed by atoms with Gasteiger partial charge in [-0.05, 0) is 60.7 Å². The standard InChI is InChI=1S/C22H25N3O2.C2HF3O2/c1-25-11-10-17-4-2-3-5-19(17)20(22(25)27)24-21(26)18-8-6-15(7-9-18)12-16-13-23-14-16;3-2(4,5)1(6)7/h2-9,16,20,23H,10-14H2,1H3,(H,24,26);(H,6,7). The summed E-state index contributed by atoms with van der Waals surface area (Å²) in [5.74, 6) is -2.34. The number of nitrogens with one attached hydrogen (secondary N) is 2.